The van der Waals surface area contributed by atoms with Gasteiger partial charge in [0, 0.05) is 24.5 Å². The van der Waals surface area contributed by atoms with Gasteiger partial charge in [-0.15, -0.1) is 0 Å². The van der Waals surface area contributed by atoms with Crippen LogP contribution in [0.2, 0.25) is 0 Å². The Morgan fingerprint density at radius 3 is 2.60 bits per heavy atom. The Morgan fingerprint density at radius 2 is 1.83 bits per heavy atom. The van der Waals surface area contributed by atoms with Gasteiger partial charge in [0.1, 0.15) is 5.75 Å². The van der Waals surface area contributed by atoms with Gasteiger partial charge in [-0.05, 0) is 67.7 Å². The topological polar surface area (TPSA) is 54.1 Å². The second-order valence-electron chi connectivity index (χ2n) is 8.08. The molecule has 1 fully saturated rings. The molecule has 0 unspecified atom stereocenters. The zero-order valence-electron chi connectivity index (χ0n) is 17.6. The first-order chi connectivity index (χ1) is 14.7. The summed E-state index contributed by atoms with van der Waals surface area (Å²) in [7, 11) is 0. The van der Waals surface area contributed by atoms with Gasteiger partial charge in [0.25, 0.3) is 5.91 Å². The summed E-state index contributed by atoms with van der Waals surface area (Å²) in [6, 6.07) is 18.7. The first kappa shape index (κ1) is 20.3. The van der Waals surface area contributed by atoms with Crippen LogP contribution in [0.25, 0.3) is 11.1 Å². The number of aromatic amines is 1. The number of carbonyl (C=O) groups is 1. The molecule has 0 radical (unpaired) electrons. The van der Waals surface area contributed by atoms with Crippen molar-refractivity contribution in [2.24, 2.45) is 5.92 Å². The van der Waals surface area contributed by atoms with Crippen molar-refractivity contribution in [1.29, 1.82) is 0 Å². The molecule has 1 aliphatic carbocycles. The molecule has 1 aliphatic rings. The third-order valence-corrected chi connectivity index (χ3v) is 6.12. The number of carbonyl (C=O) groups excluding carboxylic acids is 1. The monoisotopic (exact) mass is 402 g/mol. The van der Waals surface area contributed by atoms with Crippen molar-refractivity contribution in [3.05, 3.63) is 78.1 Å². The Morgan fingerprint density at radius 1 is 1.03 bits per heavy atom. The summed E-state index contributed by atoms with van der Waals surface area (Å²) in [5.41, 5.74) is 4.02. The second-order valence-corrected chi connectivity index (χ2v) is 8.08. The predicted octanol–water partition coefficient (Wildman–Crippen LogP) is 5.78. The van der Waals surface area contributed by atoms with E-state index in [2.05, 4.69) is 40.6 Å². The van der Waals surface area contributed by atoms with Gasteiger partial charge >= 0.3 is 0 Å². The minimum absolute atomic E-state index is 0.0155. The van der Waals surface area contributed by atoms with Crippen LogP contribution in [0.1, 0.15) is 54.4 Å². The van der Waals surface area contributed by atoms with Crippen LogP contribution in [0.4, 0.5) is 0 Å². The average Bonchev–Trinajstić information content (AvgIpc) is 3.29. The quantitative estimate of drug-likeness (QED) is 0.526. The summed E-state index contributed by atoms with van der Waals surface area (Å²) < 4.78 is 5.60. The lowest BCUT2D eigenvalue weighted by Gasteiger charge is -2.29. The van der Waals surface area contributed by atoms with Gasteiger partial charge in [0.15, 0.2) is 0 Å². The second kappa shape index (κ2) is 9.66. The van der Waals surface area contributed by atoms with Crippen LogP contribution >= 0.6 is 0 Å². The summed E-state index contributed by atoms with van der Waals surface area (Å²) in [4.78, 5) is 16.0. The maximum atomic E-state index is 12.9. The minimum atomic E-state index is -0.0155. The van der Waals surface area contributed by atoms with E-state index in [1.165, 1.54) is 18.4 Å². The maximum Gasteiger partial charge on any atom is 0.253 e. The highest BCUT2D eigenvalue weighted by Gasteiger charge is 2.23. The molecular formula is C26H30N2O2. The van der Waals surface area contributed by atoms with Crippen LogP contribution in [0.5, 0.6) is 5.75 Å². The van der Waals surface area contributed by atoms with E-state index in [-0.39, 0.29) is 5.91 Å². The zero-order chi connectivity index (χ0) is 20.8. The van der Waals surface area contributed by atoms with E-state index in [4.69, 9.17) is 4.74 Å². The fraction of sp³-hybridized carbons (Fsp3) is 0.346. The number of hydrogen-bond acceptors (Lipinski definition) is 2. The Labute approximate surface area is 178 Å². The molecule has 1 saturated carbocycles. The van der Waals surface area contributed by atoms with E-state index in [1.807, 2.05) is 37.4 Å². The summed E-state index contributed by atoms with van der Waals surface area (Å²) in [6.07, 6.45) is 8.39. The van der Waals surface area contributed by atoms with Crippen LogP contribution in [0.3, 0.4) is 0 Å². The number of rotatable bonds is 7. The maximum absolute atomic E-state index is 12.9. The minimum Gasteiger partial charge on any atom is -0.494 e. The Balaban J connectivity index is 1.34. The van der Waals surface area contributed by atoms with Crippen molar-refractivity contribution in [3.63, 3.8) is 0 Å². The molecular weight excluding hydrogens is 372 g/mol. The molecule has 1 heterocycles. The van der Waals surface area contributed by atoms with Gasteiger partial charge in [0.2, 0.25) is 0 Å². The van der Waals surface area contributed by atoms with Crippen LogP contribution in [-0.2, 0) is 0 Å². The third-order valence-electron chi connectivity index (χ3n) is 6.12. The Bertz CT molecular complexity index is 956. The van der Waals surface area contributed by atoms with E-state index in [0.29, 0.717) is 24.0 Å². The highest BCUT2D eigenvalue weighted by molar-refractivity contribution is 6.00. The summed E-state index contributed by atoms with van der Waals surface area (Å²) in [5, 5.41) is 3.17. The lowest BCUT2D eigenvalue weighted by molar-refractivity contribution is 0.0943. The van der Waals surface area contributed by atoms with Crippen LogP contribution in [-0.4, -0.2) is 24.0 Å². The number of amides is 1. The zero-order valence-corrected chi connectivity index (χ0v) is 17.6. The van der Waals surface area contributed by atoms with Crippen LogP contribution in [0, 0.1) is 5.92 Å². The fourth-order valence-corrected chi connectivity index (χ4v) is 4.47. The van der Waals surface area contributed by atoms with Crippen molar-refractivity contribution in [2.45, 2.75) is 38.5 Å². The molecule has 0 spiro atoms. The molecule has 30 heavy (non-hydrogen) atoms. The smallest absolute Gasteiger partial charge is 0.253 e. The predicted molar refractivity (Wildman–Crippen MR) is 121 cm³/mol. The molecule has 1 amide bonds. The SMILES string of the molecule is CCOc1cccc(-c2c[nH]cc2C(=O)NCC2CCC(c3ccccc3)CC2)c1. The molecule has 1 aromatic heterocycles. The number of benzene rings is 2. The molecule has 4 nitrogen and oxygen atoms in total. The third kappa shape index (κ3) is 4.76. The van der Waals surface area contributed by atoms with Crippen molar-refractivity contribution >= 4 is 5.91 Å². The lowest BCUT2D eigenvalue weighted by Crippen LogP contribution is -2.31. The van der Waals surface area contributed by atoms with Crippen LogP contribution < -0.4 is 10.1 Å². The van der Waals surface area contributed by atoms with Crippen molar-refractivity contribution < 1.29 is 9.53 Å². The van der Waals surface area contributed by atoms with Crippen molar-refractivity contribution in [3.8, 4) is 16.9 Å². The van der Waals surface area contributed by atoms with E-state index in [9.17, 15) is 4.79 Å². The van der Waals surface area contributed by atoms with Gasteiger partial charge < -0.3 is 15.0 Å². The summed E-state index contributed by atoms with van der Waals surface area (Å²) >= 11 is 0. The number of nitrogens with one attached hydrogen (secondary N) is 2. The Kier molecular flexibility index (Phi) is 6.53. The normalized spacial score (nSPS) is 18.7. The number of aromatic nitrogens is 1. The van der Waals surface area contributed by atoms with E-state index in [0.717, 1.165) is 36.3 Å². The van der Waals surface area contributed by atoms with Crippen molar-refractivity contribution in [1.82, 2.24) is 10.3 Å². The van der Waals surface area contributed by atoms with Gasteiger partial charge in [0.05, 0.1) is 12.2 Å². The summed E-state index contributed by atoms with van der Waals surface area (Å²) in [6.45, 7) is 3.33. The number of H-pyrrole nitrogens is 1. The molecule has 4 rings (SSSR count). The molecule has 0 aliphatic heterocycles. The molecule has 2 N–H and O–H groups in total. The van der Waals surface area contributed by atoms with Gasteiger partial charge in [-0.2, -0.15) is 0 Å². The highest BCUT2D eigenvalue weighted by Crippen LogP contribution is 2.35. The first-order valence-electron chi connectivity index (χ1n) is 11.0. The van der Waals surface area contributed by atoms with Crippen LogP contribution in [0.15, 0.2) is 67.0 Å². The molecule has 2 aromatic carbocycles. The largest absolute Gasteiger partial charge is 0.494 e. The van der Waals surface area contributed by atoms with Crippen molar-refractivity contribution in [2.75, 3.05) is 13.2 Å². The standard InChI is InChI=1S/C26H30N2O2/c1-2-30-23-10-6-9-22(15-23)24-17-27-18-25(24)26(29)28-16-19-11-13-21(14-12-19)20-7-4-3-5-8-20/h3-10,15,17-19,21,27H,2,11-14,16H2,1H3,(H,28,29). The average molecular weight is 403 g/mol. The Hall–Kier alpha value is -3.01. The van der Waals surface area contributed by atoms with E-state index < -0.39 is 0 Å². The fourth-order valence-electron chi connectivity index (χ4n) is 4.47. The number of hydrogen-bond donors (Lipinski definition) is 2. The molecule has 4 heteroatoms. The van der Waals surface area contributed by atoms with E-state index in [1.54, 1.807) is 6.20 Å². The number of ether oxygens (including phenoxy) is 1. The van der Waals surface area contributed by atoms with Gasteiger partial charge in [-0.1, -0.05) is 42.5 Å². The van der Waals surface area contributed by atoms with E-state index >= 15 is 0 Å². The molecule has 156 valence electrons. The molecule has 0 bridgehead atoms. The molecule has 0 saturated heterocycles. The molecule has 0 atom stereocenters. The van der Waals surface area contributed by atoms with Gasteiger partial charge in [-0.3, -0.25) is 4.79 Å². The van der Waals surface area contributed by atoms with Gasteiger partial charge in [-0.25, -0.2) is 0 Å². The highest BCUT2D eigenvalue weighted by atomic mass is 16.5. The lowest BCUT2D eigenvalue weighted by atomic mass is 9.78. The first-order valence-corrected chi connectivity index (χ1v) is 11.0. The summed E-state index contributed by atoms with van der Waals surface area (Å²) in [5.74, 6) is 2.01. The molecule has 3 aromatic rings.